The average Bonchev–Trinajstić information content (AvgIpc) is 2.76. The van der Waals surface area contributed by atoms with Gasteiger partial charge in [-0.2, -0.15) is 5.10 Å². The normalized spacial score (nSPS) is 10.3. The van der Waals surface area contributed by atoms with Crippen LogP contribution >= 0.6 is 11.6 Å². The molecule has 1 aromatic heterocycles. The van der Waals surface area contributed by atoms with Gasteiger partial charge in [0.05, 0.1) is 18.7 Å². The van der Waals surface area contributed by atoms with Crippen LogP contribution in [0.1, 0.15) is 5.56 Å². The molecule has 18 heavy (non-hydrogen) atoms. The van der Waals surface area contributed by atoms with Crippen LogP contribution in [-0.2, 0) is 6.54 Å². The van der Waals surface area contributed by atoms with E-state index in [1.54, 1.807) is 18.3 Å². The van der Waals surface area contributed by atoms with Gasteiger partial charge in [-0.3, -0.25) is 4.68 Å². The number of rotatable bonds is 3. The molecule has 0 unspecified atom stereocenters. The summed E-state index contributed by atoms with van der Waals surface area (Å²) < 4.78 is 1.53. The first kappa shape index (κ1) is 12.5. The van der Waals surface area contributed by atoms with Crippen molar-refractivity contribution in [3.05, 3.63) is 35.0 Å². The van der Waals surface area contributed by atoms with Gasteiger partial charge < -0.3 is 10.2 Å². The first-order valence-electron chi connectivity index (χ1n) is 5.29. The minimum atomic E-state index is -0.0351. The van der Waals surface area contributed by atoms with Gasteiger partial charge in [-0.1, -0.05) is 17.5 Å². The Labute approximate surface area is 109 Å². The summed E-state index contributed by atoms with van der Waals surface area (Å²) in [4.78, 5) is 0. The molecule has 5 heteroatoms. The number of hydrogen-bond donors (Lipinski definition) is 2. The second-order valence-electron chi connectivity index (χ2n) is 3.68. The summed E-state index contributed by atoms with van der Waals surface area (Å²) in [6.45, 7) is 0.308. The van der Waals surface area contributed by atoms with Crippen molar-refractivity contribution in [2.24, 2.45) is 0 Å². The summed E-state index contributed by atoms with van der Waals surface area (Å²) in [5.41, 5.74) is 1.50. The van der Waals surface area contributed by atoms with Crippen LogP contribution in [0.15, 0.2) is 24.4 Å². The summed E-state index contributed by atoms with van der Waals surface area (Å²) in [6.07, 6.45) is 7.05. The van der Waals surface area contributed by atoms with Gasteiger partial charge in [-0.15, -0.1) is 6.42 Å². The molecule has 92 valence electrons. The van der Waals surface area contributed by atoms with Crippen molar-refractivity contribution in [1.29, 1.82) is 0 Å². The van der Waals surface area contributed by atoms with Crippen LogP contribution in [0.5, 0.6) is 5.75 Å². The Morgan fingerprint density at radius 3 is 2.89 bits per heavy atom. The molecule has 0 amide bonds. The van der Waals surface area contributed by atoms with Crippen LogP contribution in [0.3, 0.4) is 0 Å². The van der Waals surface area contributed by atoms with Gasteiger partial charge in [0.2, 0.25) is 0 Å². The summed E-state index contributed by atoms with van der Waals surface area (Å²) >= 11 is 5.89. The number of halogens is 1. The molecule has 0 atom stereocenters. The molecule has 2 rings (SSSR count). The number of aliphatic hydroxyl groups excluding tert-OH is 1. The first-order valence-corrected chi connectivity index (χ1v) is 5.67. The van der Waals surface area contributed by atoms with Crippen molar-refractivity contribution < 1.29 is 10.2 Å². The van der Waals surface area contributed by atoms with E-state index in [4.69, 9.17) is 23.1 Å². The highest BCUT2D eigenvalue weighted by Gasteiger charge is 2.13. The van der Waals surface area contributed by atoms with E-state index in [-0.39, 0.29) is 12.4 Å². The highest BCUT2D eigenvalue weighted by atomic mass is 35.5. The Bertz CT molecular complexity index is 614. The maximum Gasteiger partial charge on any atom is 0.125 e. The highest BCUT2D eigenvalue weighted by molar-refractivity contribution is 6.31. The Morgan fingerprint density at radius 1 is 1.44 bits per heavy atom. The smallest absolute Gasteiger partial charge is 0.125 e. The first-order chi connectivity index (χ1) is 8.65. The fraction of sp³-hybridized carbons (Fsp3) is 0.154. The van der Waals surface area contributed by atoms with Gasteiger partial charge in [0, 0.05) is 16.8 Å². The molecule has 1 aromatic carbocycles. The molecule has 2 aromatic rings. The fourth-order valence-electron chi connectivity index (χ4n) is 1.64. The molecule has 0 aliphatic rings. The number of aromatic hydroxyl groups is 1. The summed E-state index contributed by atoms with van der Waals surface area (Å²) in [5.74, 6) is 2.56. The van der Waals surface area contributed by atoms with Crippen LogP contribution in [0.4, 0.5) is 0 Å². The van der Waals surface area contributed by atoms with E-state index in [0.29, 0.717) is 28.4 Å². The monoisotopic (exact) mass is 262 g/mol. The zero-order valence-electron chi connectivity index (χ0n) is 9.47. The maximum absolute atomic E-state index is 9.82. The lowest BCUT2D eigenvalue weighted by Gasteiger charge is -2.02. The van der Waals surface area contributed by atoms with Crippen molar-refractivity contribution in [2.75, 3.05) is 6.61 Å². The van der Waals surface area contributed by atoms with Crippen LogP contribution in [0.2, 0.25) is 5.02 Å². The van der Waals surface area contributed by atoms with E-state index in [0.717, 1.165) is 0 Å². The molecule has 0 bridgehead atoms. The highest BCUT2D eigenvalue weighted by Crippen LogP contribution is 2.32. The van der Waals surface area contributed by atoms with Crippen LogP contribution in [0, 0.1) is 12.3 Å². The number of nitrogens with zero attached hydrogens (tertiary/aromatic N) is 2. The van der Waals surface area contributed by atoms with E-state index in [2.05, 4.69) is 11.0 Å². The number of benzene rings is 1. The predicted octanol–water partition coefficient (Wildman–Crippen LogP) is 1.88. The SMILES string of the molecule is C#Cc1cn(CCO)nc1-c1cc(Cl)ccc1O. The molecular weight excluding hydrogens is 252 g/mol. The average molecular weight is 263 g/mol. The minimum Gasteiger partial charge on any atom is -0.507 e. The molecule has 4 nitrogen and oxygen atoms in total. The zero-order valence-corrected chi connectivity index (χ0v) is 10.2. The van der Waals surface area contributed by atoms with E-state index >= 15 is 0 Å². The van der Waals surface area contributed by atoms with Crippen LogP contribution < -0.4 is 0 Å². The lowest BCUT2D eigenvalue weighted by Crippen LogP contribution is -2.02. The molecule has 0 radical (unpaired) electrons. The van der Waals surface area contributed by atoms with Crippen molar-refractivity contribution in [2.45, 2.75) is 6.54 Å². The number of aliphatic hydroxyl groups is 1. The molecule has 0 aliphatic heterocycles. The molecule has 0 spiro atoms. The van der Waals surface area contributed by atoms with Gasteiger partial charge in [0.25, 0.3) is 0 Å². The van der Waals surface area contributed by atoms with Crippen LogP contribution in [-0.4, -0.2) is 26.6 Å². The Kier molecular flexibility index (Phi) is 3.56. The molecular formula is C13H11ClN2O2. The van der Waals surface area contributed by atoms with Gasteiger partial charge in [-0.05, 0) is 18.2 Å². The third-order valence-corrected chi connectivity index (χ3v) is 2.70. The van der Waals surface area contributed by atoms with Gasteiger partial charge in [-0.25, -0.2) is 0 Å². The van der Waals surface area contributed by atoms with Gasteiger partial charge in [0.1, 0.15) is 11.4 Å². The predicted molar refractivity (Wildman–Crippen MR) is 69.4 cm³/mol. The van der Waals surface area contributed by atoms with E-state index in [1.165, 1.54) is 10.7 Å². The summed E-state index contributed by atoms with van der Waals surface area (Å²) in [6, 6.07) is 4.67. The Balaban J connectivity index is 2.56. The van der Waals surface area contributed by atoms with Gasteiger partial charge in [0.15, 0.2) is 0 Å². The van der Waals surface area contributed by atoms with E-state index in [1.807, 2.05) is 0 Å². The molecule has 1 heterocycles. The van der Waals surface area contributed by atoms with Crippen LogP contribution in [0.25, 0.3) is 11.3 Å². The standard InChI is InChI=1S/C13H11ClN2O2/c1-2-9-8-16(5-6-17)15-13(9)11-7-10(14)3-4-12(11)18/h1,3-4,7-8,17-18H,5-6H2. The Hall–Kier alpha value is -1.96. The van der Waals surface area contributed by atoms with E-state index < -0.39 is 0 Å². The van der Waals surface area contributed by atoms with Gasteiger partial charge >= 0.3 is 0 Å². The van der Waals surface area contributed by atoms with Crippen molar-refractivity contribution in [3.8, 4) is 29.4 Å². The molecule has 2 N–H and O–H groups in total. The van der Waals surface area contributed by atoms with E-state index in [9.17, 15) is 5.11 Å². The van der Waals surface area contributed by atoms with Crippen molar-refractivity contribution in [3.63, 3.8) is 0 Å². The quantitative estimate of drug-likeness (QED) is 0.831. The molecule has 0 fully saturated rings. The number of terminal acetylenes is 1. The number of phenolic OH excluding ortho intramolecular Hbond substituents is 1. The lowest BCUT2D eigenvalue weighted by atomic mass is 10.1. The molecule has 0 saturated carbocycles. The molecule has 0 saturated heterocycles. The minimum absolute atomic E-state index is 0.0351. The molecule has 0 aliphatic carbocycles. The van der Waals surface area contributed by atoms with Crippen molar-refractivity contribution >= 4 is 11.6 Å². The second kappa shape index (κ2) is 5.13. The third kappa shape index (κ3) is 2.33. The van der Waals surface area contributed by atoms with Crippen molar-refractivity contribution in [1.82, 2.24) is 9.78 Å². The number of phenols is 1. The number of aromatic nitrogens is 2. The Morgan fingerprint density at radius 2 is 2.22 bits per heavy atom. The lowest BCUT2D eigenvalue weighted by molar-refractivity contribution is 0.269. The zero-order chi connectivity index (χ0) is 13.1. The largest absolute Gasteiger partial charge is 0.507 e. The third-order valence-electron chi connectivity index (χ3n) is 2.46. The summed E-state index contributed by atoms with van der Waals surface area (Å²) in [5, 5.41) is 23.4. The maximum atomic E-state index is 9.82. The summed E-state index contributed by atoms with van der Waals surface area (Å²) in [7, 11) is 0. The topological polar surface area (TPSA) is 58.3 Å². The second-order valence-corrected chi connectivity index (χ2v) is 4.12. The fourth-order valence-corrected chi connectivity index (χ4v) is 1.81. The number of hydrogen-bond acceptors (Lipinski definition) is 3.